The van der Waals surface area contributed by atoms with Gasteiger partial charge < -0.3 is 9.47 Å². The third kappa shape index (κ3) is 7.48. The van der Waals surface area contributed by atoms with E-state index in [9.17, 15) is 17.6 Å². The average Bonchev–Trinajstić information content (AvgIpc) is 2.85. The fraction of sp³-hybridized carbons (Fsp3) is 0.370. The molecule has 0 spiro atoms. The van der Waals surface area contributed by atoms with E-state index in [0.717, 1.165) is 0 Å². The number of amides is 1. The van der Waals surface area contributed by atoms with Crippen LogP contribution in [-0.2, 0) is 10.0 Å². The number of rotatable bonds is 11. The lowest BCUT2D eigenvalue weighted by atomic mass is 10.1. The Kier molecular flexibility index (Phi) is 9.20. The lowest BCUT2D eigenvalue weighted by molar-refractivity contribution is 0.0971. The molecular weight excluding hydrogens is 497 g/mol. The zero-order chi connectivity index (χ0) is 27.2. The molecule has 0 atom stereocenters. The minimum Gasteiger partial charge on any atom is -0.493 e. The highest BCUT2D eigenvalue weighted by Crippen LogP contribution is 2.29. The number of aromatic nitrogens is 2. The van der Waals surface area contributed by atoms with Gasteiger partial charge in [0.15, 0.2) is 5.03 Å². The summed E-state index contributed by atoms with van der Waals surface area (Å²) in [5.41, 5.74) is 1.19. The van der Waals surface area contributed by atoms with Gasteiger partial charge in [-0.05, 0) is 62.1 Å². The third-order valence-corrected chi connectivity index (χ3v) is 6.64. The molecule has 3 rings (SSSR count). The molecule has 1 amide bonds. The maximum atomic E-state index is 14.4. The number of nitrogens with one attached hydrogen (secondary N) is 1. The van der Waals surface area contributed by atoms with Crippen LogP contribution < -0.4 is 14.2 Å². The van der Waals surface area contributed by atoms with Gasteiger partial charge in [0.1, 0.15) is 17.1 Å². The Morgan fingerprint density at radius 3 is 2.46 bits per heavy atom. The number of benzene rings is 1. The molecule has 2 aromatic heterocycles. The average molecular weight is 534 g/mol. The predicted molar refractivity (Wildman–Crippen MR) is 143 cm³/mol. The van der Waals surface area contributed by atoms with Crippen molar-refractivity contribution in [3.05, 3.63) is 65.6 Å². The summed E-state index contributed by atoms with van der Waals surface area (Å²) in [7, 11) is -4.23. The van der Waals surface area contributed by atoms with Crippen LogP contribution in [0, 0.1) is 18.7 Å². The summed E-state index contributed by atoms with van der Waals surface area (Å²) in [6.07, 6.45) is 1.02. The molecule has 202 valence electrons. The van der Waals surface area contributed by atoms with Gasteiger partial charge in [-0.15, -0.1) is 0 Å². The Bertz CT molecular complexity index is 1370. The number of sulfonamides is 1. The summed E-state index contributed by atoms with van der Waals surface area (Å²) in [4.78, 5) is 21.6. The smallest absolute Gasteiger partial charge is 0.281 e. The Hall–Kier alpha value is -3.53. The Labute approximate surface area is 220 Å². The second-order valence-electron chi connectivity index (χ2n) is 9.04. The second-order valence-corrected chi connectivity index (χ2v) is 10.7. The monoisotopic (exact) mass is 533 g/mol. The van der Waals surface area contributed by atoms with Gasteiger partial charge in [0.05, 0.1) is 18.4 Å². The Morgan fingerprint density at radius 2 is 1.81 bits per heavy atom. The van der Waals surface area contributed by atoms with E-state index in [1.54, 1.807) is 19.1 Å². The number of halogens is 1. The SMILES string of the molecule is CCC(CC)Oc1nc(-c2cc(F)cc(OCC(C)C)c2)ccc1C(=O)NS(=O)(=O)c1cccc(C)n1.[HH].[HH]. The first-order valence-corrected chi connectivity index (χ1v) is 13.6. The molecule has 0 aliphatic carbocycles. The first kappa shape index (κ1) is 28.0. The molecule has 0 unspecified atom stereocenters. The molecule has 10 heteroatoms. The van der Waals surface area contributed by atoms with Gasteiger partial charge in [-0.3, -0.25) is 4.79 Å². The van der Waals surface area contributed by atoms with Gasteiger partial charge in [0, 0.05) is 20.2 Å². The van der Waals surface area contributed by atoms with Gasteiger partial charge >= 0.3 is 0 Å². The van der Waals surface area contributed by atoms with Crippen LogP contribution in [0.4, 0.5) is 4.39 Å². The number of pyridine rings is 2. The summed E-state index contributed by atoms with van der Waals surface area (Å²) in [5, 5.41) is -0.276. The zero-order valence-electron chi connectivity index (χ0n) is 21.6. The predicted octanol–water partition coefficient (Wildman–Crippen LogP) is 5.80. The van der Waals surface area contributed by atoms with E-state index in [4.69, 9.17) is 9.47 Å². The second kappa shape index (κ2) is 12.1. The summed E-state index contributed by atoms with van der Waals surface area (Å²) in [5.74, 6) is -0.854. The van der Waals surface area contributed by atoms with E-state index < -0.39 is 21.7 Å². The molecule has 2 heterocycles. The van der Waals surface area contributed by atoms with Gasteiger partial charge in [0.2, 0.25) is 5.88 Å². The standard InChI is InChI=1S/C27H32FN3O5S.2H2/c1-6-21(7-2)36-27-23(26(32)31-37(33,34)25-10-8-9-18(5)29-25)11-12-24(30-27)19-13-20(28)15-22(14-19)35-16-17(3)4;;/h8-15,17,21H,6-7,16H2,1-5H3,(H,31,32);2*1H. The first-order valence-electron chi connectivity index (χ1n) is 12.1. The molecule has 0 bridgehead atoms. The number of aryl methyl sites for hydroxylation is 1. The van der Waals surface area contributed by atoms with Crippen LogP contribution in [0.2, 0.25) is 0 Å². The highest BCUT2D eigenvalue weighted by molar-refractivity contribution is 7.90. The van der Waals surface area contributed by atoms with Crippen LogP contribution in [0.5, 0.6) is 11.6 Å². The van der Waals surface area contributed by atoms with Crippen LogP contribution in [0.3, 0.4) is 0 Å². The molecule has 8 nitrogen and oxygen atoms in total. The molecule has 0 fully saturated rings. The van der Waals surface area contributed by atoms with Crippen molar-refractivity contribution >= 4 is 15.9 Å². The van der Waals surface area contributed by atoms with E-state index in [2.05, 4.69) is 9.97 Å². The number of nitrogens with zero attached hydrogens (tertiary/aromatic N) is 2. The molecule has 37 heavy (non-hydrogen) atoms. The van der Waals surface area contributed by atoms with Gasteiger partial charge in [-0.25, -0.2) is 19.1 Å². The molecule has 0 radical (unpaired) electrons. The van der Waals surface area contributed by atoms with E-state index in [1.165, 1.54) is 36.4 Å². The highest BCUT2D eigenvalue weighted by Gasteiger charge is 2.25. The fourth-order valence-corrected chi connectivity index (χ4v) is 4.41. The Balaban J connectivity index is 0.00000380. The minimum absolute atomic E-state index is 0. The molecule has 0 saturated carbocycles. The van der Waals surface area contributed by atoms with Crippen LogP contribution in [-0.4, -0.2) is 37.0 Å². The molecule has 0 aliphatic rings. The molecule has 0 saturated heterocycles. The van der Waals surface area contributed by atoms with E-state index in [0.29, 0.717) is 42.1 Å². The lowest BCUT2D eigenvalue weighted by Crippen LogP contribution is -2.32. The van der Waals surface area contributed by atoms with Gasteiger partial charge in [0.25, 0.3) is 15.9 Å². The van der Waals surface area contributed by atoms with Crippen LogP contribution in [0.15, 0.2) is 53.6 Å². The summed E-state index contributed by atoms with van der Waals surface area (Å²) < 4.78 is 53.6. The van der Waals surface area contributed by atoms with Crippen molar-refractivity contribution in [2.24, 2.45) is 5.92 Å². The van der Waals surface area contributed by atoms with Crippen molar-refractivity contribution in [2.75, 3.05) is 6.61 Å². The number of ether oxygens (including phenoxy) is 2. The molecule has 0 aliphatic heterocycles. The Morgan fingerprint density at radius 1 is 1.08 bits per heavy atom. The van der Waals surface area contributed by atoms with Gasteiger partial charge in [-0.1, -0.05) is 33.8 Å². The third-order valence-electron chi connectivity index (χ3n) is 5.41. The summed E-state index contributed by atoms with van der Waals surface area (Å²) >= 11 is 0. The van der Waals surface area contributed by atoms with Crippen molar-refractivity contribution in [3.63, 3.8) is 0 Å². The number of hydrogen-bond acceptors (Lipinski definition) is 7. The normalized spacial score (nSPS) is 11.6. The van der Waals surface area contributed by atoms with Gasteiger partial charge in [-0.2, -0.15) is 8.42 Å². The quantitative estimate of drug-likeness (QED) is 0.332. The van der Waals surface area contributed by atoms with Crippen molar-refractivity contribution in [2.45, 2.75) is 58.6 Å². The van der Waals surface area contributed by atoms with Crippen LogP contribution in [0.25, 0.3) is 11.3 Å². The maximum absolute atomic E-state index is 14.4. The number of carbonyl (C=O) groups is 1. The zero-order valence-corrected chi connectivity index (χ0v) is 22.4. The number of hydrogen-bond donors (Lipinski definition) is 1. The lowest BCUT2D eigenvalue weighted by Gasteiger charge is -2.18. The van der Waals surface area contributed by atoms with Crippen LogP contribution >= 0.6 is 0 Å². The maximum Gasteiger partial charge on any atom is 0.281 e. The summed E-state index contributed by atoms with van der Waals surface area (Å²) in [6.45, 7) is 9.90. The fourth-order valence-electron chi connectivity index (χ4n) is 3.43. The van der Waals surface area contributed by atoms with E-state index in [-0.39, 0.29) is 31.3 Å². The minimum atomic E-state index is -4.23. The first-order chi connectivity index (χ1) is 17.5. The molecular formula is C27H36FN3O5S. The number of carbonyl (C=O) groups excluding carboxylic acids is 1. The van der Waals surface area contributed by atoms with Crippen molar-refractivity contribution in [1.29, 1.82) is 0 Å². The van der Waals surface area contributed by atoms with Crippen molar-refractivity contribution < 1.29 is 29.9 Å². The van der Waals surface area contributed by atoms with Crippen molar-refractivity contribution in [1.82, 2.24) is 14.7 Å². The molecule has 1 aromatic carbocycles. The van der Waals surface area contributed by atoms with E-state index in [1.807, 2.05) is 32.4 Å². The molecule has 1 N–H and O–H groups in total. The summed E-state index contributed by atoms with van der Waals surface area (Å²) in [6, 6.07) is 11.7. The highest BCUT2D eigenvalue weighted by atomic mass is 32.2. The van der Waals surface area contributed by atoms with Crippen molar-refractivity contribution in [3.8, 4) is 22.9 Å². The largest absolute Gasteiger partial charge is 0.493 e. The molecule has 3 aromatic rings. The van der Waals surface area contributed by atoms with E-state index >= 15 is 0 Å². The topological polar surface area (TPSA) is 107 Å². The van der Waals surface area contributed by atoms with Crippen LogP contribution in [0.1, 0.15) is 59.4 Å².